The van der Waals surface area contributed by atoms with Crippen LogP contribution in [0.5, 0.6) is 0 Å². The van der Waals surface area contributed by atoms with Crippen molar-refractivity contribution in [2.24, 2.45) is 0 Å². The minimum atomic E-state index is -0.224. The molecule has 1 aromatic carbocycles. The second-order valence-electron chi connectivity index (χ2n) is 6.44. The van der Waals surface area contributed by atoms with Gasteiger partial charge in [-0.15, -0.1) is 0 Å². The molecule has 0 aliphatic carbocycles. The molecule has 0 atom stereocenters. The number of amides is 1. The molecule has 21 heavy (non-hydrogen) atoms. The molecule has 0 bridgehead atoms. The van der Waals surface area contributed by atoms with Gasteiger partial charge in [-0.2, -0.15) is 0 Å². The lowest BCUT2D eigenvalue weighted by molar-refractivity contribution is -0.120. The molecular weight excluding hydrogens is 269 g/mol. The normalized spacial score (nSPS) is 16.6. The number of nitrogens with one attached hydrogen (secondary N) is 2. The summed E-state index contributed by atoms with van der Waals surface area (Å²) in [5, 5.41) is 6.21. The average molecular weight is 293 g/mol. The first-order chi connectivity index (χ1) is 9.87. The van der Waals surface area contributed by atoms with Gasteiger partial charge in [0.05, 0.1) is 5.69 Å². The van der Waals surface area contributed by atoms with Gasteiger partial charge >= 0.3 is 0 Å². The van der Waals surface area contributed by atoms with Crippen LogP contribution in [0, 0.1) is 5.82 Å². The van der Waals surface area contributed by atoms with E-state index in [4.69, 9.17) is 0 Å². The van der Waals surface area contributed by atoms with E-state index in [-0.39, 0.29) is 17.3 Å². The van der Waals surface area contributed by atoms with Crippen molar-refractivity contribution in [2.75, 3.05) is 24.5 Å². The SMILES string of the molecule is CC(C)(C)NCc1cccc(F)c1N1CCNC(=O)CC1. The molecule has 1 amide bonds. The Labute approximate surface area is 125 Å². The number of hydrogen-bond acceptors (Lipinski definition) is 3. The molecule has 116 valence electrons. The fourth-order valence-electron chi connectivity index (χ4n) is 2.41. The molecule has 0 saturated carbocycles. The van der Waals surface area contributed by atoms with Gasteiger partial charge in [-0.05, 0) is 32.4 Å². The summed E-state index contributed by atoms with van der Waals surface area (Å²) in [6, 6.07) is 5.16. The fraction of sp³-hybridized carbons (Fsp3) is 0.562. The number of para-hydroxylation sites is 1. The van der Waals surface area contributed by atoms with Gasteiger partial charge in [0.2, 0.25) is 5.91 Å². The highest BCUT2D eigenvalue weighted by Crippen LogP contribution is 2.25. The summed E-state index contributed by atoms with van der Waals surface area (Å²) in [5.74, 6) is -0.194. The molecule has 2 N–H and O–H groups in total. The van der Waals surface area contributed by atoms with Gasteiger partial charge < -0.3 is 15.5 Å². The standard InChI is InChI=1S/C16H24FN3O/c1-16(2,3)19-11-12-5-4-6-13(17)15(12)20-9-7-14(21)18-8-10-20/h4-6,19H,7-11H2,1-3H3,(H,18,21). The van der Waals surface area contributed by atoms with Crippen LogP contribution in [0.15, 0.2) is 18.2 Å². The third-order valence-corrected chi connectivity index (χ3v) is 3.51. The van der Waals surface area contributed by atoms with Crippen LogP contribution in [0.3, 0.4) is 0 Å². The van der Waals surface area contributed by atoms with E-state index in [0.717, 1.165) is 5.56 Å². The molecule has 1 heterocycles. The van der Waals surface area contributed by atoms with Crippen LogP contribution in [0.2, 0.25) is 0 Å². The summed E-state index contributed by atoms with van der Waals surface area (Å²) in [4.78, 5) is 13.4. The van der Waals surface area contributed by atoms with Crippen molar-refractivity contribution in [3.8, 4) is 0 Å². The van der Waals surface area contributed by atoms with Crippen molar-refractivity contribution in [3.05, 3.63) is 29.6 Å². The Bertz CT molecular complexity index is 511. The number of carbonyl (C=O) groups excluding carboxylic acids is 1. The lowest BCUT2D eigenvalue weighted by atomic mass is 10.1. The second-order valence-corrected chi connectivity index (χ2v) is 6.44. The van der Waals surface area contributed by atoms with Gasteiger partial charge in [-0.3, -0.25) is 4.79 Å². The fourth-order valence-corrected chi connectivity index (χ4v) is 2.41. The summed E-state index contributed by atoms with van der Waals surface area (Å²) in [5.41, 5.74) is 1.52. The Morgan fingerprint density at radius 1 is 1.33 bits per heavy atom. The predicted octanol–water partition coefficient (Wildman–Crippen LogP) is 2.04. The Hall–Kier alpha value is -1.62. The van der Waals surface area contributed by atoms with Gasteiger partial charge in [0.25, 0.3) is 0 Å². The van der Waals surface area contributed by atoms with Crippen molar-refractivity contribution in [1.82, 2.24) is 10.6 Å². The molecule has 1 aliphatic rings. The van der Waals surface area contributed by atoms with Crippen LogP contribution in [0.4, 0.5) is 10.1 Å². The maximum atomic E-state index is 14.3. The predicted molar refractivity (Wildman–Crippen MR) is 82.8 cm³/mol. The van der Waals surface area contributed by atoms with Gasteiger partial charge in [-0.1, -0.05) is 12.1 Å². The third kappa shape index (κ3) is 4.43. The lowest BCUT2D eigenvalue weighted by Gasteiger charge is -2.27. The minimum Gasteiger partial charge on any atom is -0.367 e. The molecule has 1 fully saturated rings. The van der Waals surface area contributed by atoms with E-state index >= 15 is 0 Å². The van der Waals surface area contributed by atoms with E-state index in [9.17, 15) is 9.18 Å². The van der Waals surface area contributed by atoms with Crippen LogP contribution < -0.4 is 15.5 Å². The van der Waals surface area contributed by atoms with Crippen LogP contribution >= 0.6 is 0 Å². The number of halogens is 1. The third-order valence-electron chi connectivity index (χ3n) is 3.51. The van der Waals surface area contributed by atoms with Gasteiger partial charge in [-0.25, -0.2) is 4.39 Å². The maximum absolute atomic E-state index is 14.3. The monoisotopic (exact) mass is 293 g/mol. The first-order valence-electron chi connectivity index (χ1n) is 7.41. The highest BCUT2D eigenvalue weighted by atomic mass is 19.1. The van der Waals surface area contributed by atoms with Crippen molar-refractivity contribution in [1.29, 1.82) is 0 Å². The van der Waals surface area contributed by atoms with Crippen LogP contribution in [-0.2, 0) is 11.3 Å². The Morgan fingerprint density at radius 2 is 2.10 bits per heavy atom. The number of anilines is 1. The minimum absolute atomic E-state index is 0.0279. The summed E-state index contributed by atoms with van der Waals surface area (Å²) in [6.45, 7) is 8.60. The molecule has 2 rings (SSSR count). The van der Waals surface area contributed by atoms with Crippen molar-refractivity contribution in [2.45, 2.75) is 39.3 Å². The second kappa shape index (κ2) is 6.43. The molecule has 0 unspecified atom stereocenters. The van der Waals surface area contributed by atoms with E-state index < -0.39 is 0 Å². The highest BCUT2D eigenvalue weighted by Gasteiger charge is 2.20. The molecule has 1 saturated heterocycles. The largest absolute Gasteiger partial charge is 0.367 e. The summed E-state index contributed by atoms with van der Waals surface area (Å²) in [6.07, 6.45) is 0.403. The highest BCUT2D eigenvalue weighted by molar-refractivity contribution is 5.77. The molecule has 1 aliphatic heterocycles. The van der Waals surface area contributed by atoms with E-state index in [1.807, 2.05) is 11.0 Å². The molecular formula is C16H24FN3O. The van der Waals surface area contributed by atoms with Gasteiger partial charge in [0.1, 0.15) is 5.82 Å². The quantitative estimate of drug-likeness (QED) is 0.896. The van der Waals surface area contributed by atoms with E-state index in [1.54, 1.807) is 6.07 Å². The van der Waals surface area contributed by atoms with Crippen molar-refractivity contribution < 1.29 is 9.18 Å². The van der Waals surface area contributed by atoms with Gasteiger partial charge in [0, 0.05) is 38.1 Å². The van der Waals surface area contributed by atoms with E-state index in [1.165, 1.54) is 6.07 Å². The number of benzene rings is 1. The lowest BCUT2D eigenvalue weighted by Crippen LogP contribution is -2.36. The van der Waals surface area contributed by atoms with Crippen molar-refractivity contribution in [3.63, 3.8) is 0 Å². The number of hydrogen-bond donors (Lipinski definition) is 2. The first kappa shape index (κ1) is 15.8. The Balaban J connectivity index is 2.22. The average Bonchev–Trinajstić information content (AvgIpc) is 2.60. The Kier molecular flexibility index (Phi) is 4.83. The molecule has 0 aromatic heterocycles. The molecule has 5 heteroatoms. The maximum Gasteiger partial charge on any atom is 0.221 e. The summed E-state index contributed by atoms with van der Waals surface area (Å²) < 4.78 is 14.3. The zero-order chi connectivity index (χ0) is 15.5. The summed E-state index contributed by atoms with van der Waals surface area (Å²) >= 11 is 0. The van der Waals surface area contributed by atoms with Crippen LogP contribution in [-0.4, -0.2) is 31.1 Å². The number of rotatable bonds is 3. The van der Waals surface area contributed by atoms with E-state index in [0.29, 0.717) is 38.3 Å². The summed E-state index contributed by atoms with van der Waals surface area (Å²) in [7, 11) is 0. The zero-order valence-electron chi connectivity index (χ0n) is 13.0. The smallest absolute Gasteiger partial charge is 0.221 e. The van der Waals surface area contributed by atoms with Crippen LogP contribution in [0.25, 0.3) is 0 Å². The van der Waals surface area contributed by atoms with Crippen molar-refractivity contribution >= 4 is 11.6 Å². The number of nitrogens with zero attached hydrogens (tertiary/aromatic N) is 1. The molecule has 0 radical (unpaired) electrons. The van der Waals surface area contributed by atoms with E-state index in [2.05, 4.69) is 31.4 Å². The molecule has 4 nitrogen and oxygen atoms in total. The van der Waals surface area contributed by atoms with Crippen LogP contribution in [0.1, 0.15) is 32.8 Å². The number of carbonyl (C=O) groups is 1. The zero-order valence-corrected chi connectivity index (χ0v) is 13.0. The molecule has 1 aromatic rings. The van der Waals surface area contributed by atoms with Gasteiger partial charge in [0.15, 0.2) is 0 Å². The Morgan fingerprint density at radius 3 is 2.81 bits per heavy atom. The first-order valence-corrected chi connectivity index (χ1v) is 7.41. The topological polar surface area (TPSA) is 44.4 Å². The molecule has 0 spiro atoms.